The molecule has 1 aromatic carbocycles. The molecule has 0 fully saturated rings. The van der Waals surface area contributed by atoms with E-state index < -0.39 is 26.6 Å². The Balaban J connectivity index is 3.06. The largest absolute Gasteiger partial charge is 0.312 e. The molecule has 0 bridgehead atoms. The normalized spacial score (nSPS) is 12.1. The Labute approximate surface area is 125 Å². The molecule has 0 spiro atoms. The van der Waals surface area contributed by atoms with Gasteiger partial charge in [-0.3, -0.25) is 0 Å². The van der Waals surface area contributed by atoms with E-state index >= 15 is 0 Å². The van der Waals surface area contributed by atoms with Crippen molar-refractivity contribution in [3.8, 4) is 0 Å². The second kappa shape index (κ2) is 7.82. The highest BCUT2D eigenvalue weighted by Gasteiger charge is 2.23. The van der Waals surface area contributed by atoms with E-state index in [9.17, 15) is 17.2 Å². The number of halogens is 2. The molecule has 0 saturated carbocycles. The average Bonchev–Trinajstić information content (AvgIpc) is 2.40. The first-order valence-corrected chi connectivity index (χ1v) is 8.45. The highest BCUT2D eigenvalue weighted by atomic mass is 32.2. The summed E-state index contributed by atoms with van der Waals surface area (Å²) in [5.74, 6) is -1.69. The third-order valence-electron chi connectivity index (χ3n) is 2.85. The van der Waals surface area contributed by atoms with Crippen LogP contribution in [0.1, 0.15) is 32.8 Å². The summed E-state index contributed by atoms with van der Waals surface area (Å²) < 4.78 is 54.4. The van der Waals surface area contributed by atoms with E-state index in [0.29, 0.717) is 6.54 Å². The van der Waals surface area contributed by atoms with Crippen molar-refractivity contribution in [1.82, 2.24) is 10.0 Å². The van der Waals surface area contributed by atoms with Crippen molar-refractivity contribution in [2.75, 3.05) is 13.1 Å². The predicted molar refractivity (Wildman–Crippen MR) is 78.4 cm³/mol. The van der Waals surface area contributed by atoms with Gasteiger partial charge in [0.2, 0.25) is 10.0 Å². The predicted octanol–water partition coefficient (Wildman–Crippen LogP) is 2.40. The number of benzene rings is 1. The van der Waals surface area contributed by atoms with Gasteiger partial charge in [-0.15, -0.1) is 0 Å². The lowest BCUT2D eigenvalue weighted by Crippen LogP contribution is -2.29. The van der Waals surface area contributed by atoms with Crippen LogP contribution in [0.25, 0.3) is 0 Å². The van der Waals surface area contributed by atoms with Gasteiger partial charge < -0.3 is 5.32 Å². The zero-order valence-electron chi connectivity index (χ0n) is 12.5. The smallest absolute Gasteiger partial charge is 0.243 e. The first kappa shape index (κ1) is 18.0. The maximum atomic E-state index is 14.3. The lowest BCUT2D eigenvalue weighted by atomic mass is 10.2. The second-order valence-corrected chi connectivity index (χ2v) is 7.00. The molecule has 2 N–H and O–H groups in total. The first-order valence-electron chi connectivity index (χ1n) is 6.96. The maximum absolute atomic E-state index is 14.3. The molecule has 0 aliphatic rings. The molecular formula is C14H22F2N2O2S. The Hall–Kier alpha value is -1.05. The van der Waals surface area contributed by atoms with Crippen LogP contribution in [0.3, 0.4) is 0 Å². The van der Waals surface area contributed by atoms with Crippen molar-refractivity contribution >= 4 is 10.0 Å². The van der Waals surface area contributed by atoms with Crippen LogP contribution in [0.15, 0.2) is 17.0 Å². The van der Waals surface area contributed by atoms with Gasteiger partial charge in [-0.05, 0) is 31.0 Å². The van der Waals surface area contributed by atoms with Crippen LogP contribution in [0.5, 0.6) is 0 Å². The van der Waals surface area contributed by atoms with Gasteiger partial charge in [0.15, 0.2) is 5.82 Å². The summed E-state index contributed by atoms with van der Waals surface area (Å²) in [6.07, 6.45) is 0.817. The Morgan fingerprint density at radius 1 is 1.24 bits per heavy atom. The molecular weight excluding hydrogens is 298 g/mol. The summed E-state index contributed by atoms with van der Waals surface area (Å²) in [5, 5.41) is 2.87. The van der Waals surface area contributed by atoms with Gasteiger partial charge in [0.25, 0.3) is 0 Å². The zero-order chi connectivity index (χ0) is 16.0. The Morgan fingerprint density at radius 2 is 1.90 bits per heavy atom. The van der Waals surface area contributed by atoms with E-state index in [1.807, 2.05) is 20.8 Å². The fourth-order valence-corrected chi connectivity index (χ4v) is 3.00. The zero-order valence-corrected chi connectivity index (χ0v) is 13.4. The van der Waals surface area contributed by atoms with Gasteiger partial charge in [-0.1, -0.05) is 20.8 Å². The summed E-state index contributed by atoms with van der Waals surface area (Å²) in [5.41, 5.74) is -0.254. The molecule has 0 aliphatic heterocycles. The van der Waals surface area contributed by atoms with E-state index in [1.54, 1.807) is 0 Å². The van der Waals surface area contributed by atoms with E-state index in [1.165, 1.54) is 0 Å². The molecule has 0 aliphatic carbocycles. The maximum Gasteiger partial charge on any atom is 0.243 e. The van der Waals surface area contributed by atoms with Gasteiger partial charge in [0, 0.05) is 18.7 Å². The molecule has 1 rings (SSSR count). The van der Waals surface area contributed by atoms with Crippen LogP contribution in [0, 0.1) is 17.6 Å². The van der Waals surface area contributed by atoms with Gasteiger partial charge in [-0.25, -0.2) is 21.9 Å². The number of hydrogen-bond donors (Lipinski definition) is 2. The molecule has 21 heavy (non-hydrogen) atoms. The Morgan fingerprint density at radius 3 is 2.48 bits per heavy atom. The van der Waals surface area contributed by atoms with Crippen molar-refractivity contribution in [2.45, 2.75) is 38.6 Å². The van der Waals surface area contributed by atoms with Crippen LogP contribution >= 0.6 is 0 Å². The van der Waals surface area contributed by atoms with Crippen LogP contribution in [-0.4, -0.2) is 21.5 Å². The minimum Gasteiger partial charge on any atom is -0.312 e. The molecule has 4 nitrogen and oxygen atoms in total. The molecule has 1 aromatic rings. The van der Waals surface area contributed by atoms with Gasteiger partial charge in [-0.2, -0.15) is 0 Å². The SMILES string of the molecule is CCCNCc1c(F)ccc(S(=O)(=O)NCC(C)C)c1F. The lowest BCUT2D eigenvalue weighted by molar-refractivity contribution is 0.508. The number of sulfonamides is 1. The van der Waals surface area contributed by atoms with Crippen LogP contribution in [-0.2, 0) is 16.6 Å². The van der Waals surface area contributed by atoms with E-state index in [4.69, 9.17) is 0 Å². The van der Waals surface area contributed by atoms with E-state index in [-0.39, 0.29) is 24.6 Å². The molecule has 0 heterocycles. The van der Waals surface area contributed by atoms with Crippen molar-refractivity contribution < 1.29 is 17.2 Å². The summed E-state index contributed by atoms with van der Waals surface area (Å²) in [6, 6.07) is 1.94. The third-order valence-corrected chi connectivity index (χ3v) is 4.29. The molecule has 0 saturated heterocycles. The van der Waals surface area contributed by atoms with Crippen LogP contribution < -0.4 is 10.0 Å². The Bertz CT molecular complexity index is 575. The first-order chi connectivity index (χ1) is 9.79. The van der Waals surface area contributed by atoms with Crippen molar-refractivity contribution in [1.29, 1.82) is 0 Å². The van der Waals surface area contributed by atoms with Gasteiger partial charge in [0.05, 0.1) is 0 Å². The molecule has 7 heteroatoms. The van der Waals surface area contributed by atoms with Crippen LogP contribution in [0.2, 0.25) is 0 Å². The standard InChI is InChI=1S/C14H22F2N2O2S/c1-4-7-17-9-11-12(15)5-6-13(14(11)16)21(19,20)18-8-10(2)3/h5-6,10,17-18H,4,7-9H2,1-3H3. The highest BCUT2D eigenvalue weighted by Crippen LogP contribution is 2.21. The summed E-state index contributed by atoms with van der Waals surface area (Å²) in [4.78, 5) is -0.516. The van der Waals surface area contributed by atoms with Crippen molar-refractivity contribution in [3.05, 3.63) is 29.3 Å². The third kappa shape index (κ3) is 5.01. The average molecular weight is 320 g/mol. The minimum atomic E-state index is -3.98. The van der Waals surface area contributed by atoms with Crippen LogP contribution in [0.4, 0.5) is 8.78 Å². The number of hydrogen-bond acceptors (Lipinski definition) is 3. The monoisotopic (exact) mass is 320 g/mol. The quantitative estimate of drug-likeness (QED) is 0.723. The topological polar surface area (TPSA) is 58.2 Å². The minimum absolute atomic E-state index is 0.0426. The van der Waals surface area contributed by atoms with Crippen molar-refractivity contribution in [3.63, 3.8) is 0 Å². The molecule has 0 radical (unpaired) electrons. The molecule has 0 aromatic heterocycles. The van der Waals surface area contributed by atoms with Gasteiger partial charge >= 0.3 is 0 Å². The van der Waals surface area contributed by atoms with Gasteiger partial charge in [0.1, 0.15) is 10.7 Å². The summed E-state index contributed by atoms with van der Waals surface area (Å²) >= 11 is 0. The molecule has 0 atom stereocenters. The molecule has 0 unspecified atom stereocenters. The fraction of sp³-hybridized carbons (Fsp3) is 0.571. The lowest BCUT2D eigenvalue weighted by Gasteiger charge is -2.13. The van der Waals surface area contributed by atoms with Crippen molar-refractivity contribution in [2.24, 2.45) is 5.92 Å². The molecule has 0 amide bonds. The van der Waals surface area contributed by atoms with E-state index in [0.717, 1.165) is 18.6 Å². The second-order valence-electron chi connectivity index (χ2n) is 5.26. The molecule has 120 valence electrons. The summed E-state index contributed by atoms with van der Waals surface area (Å²) in [6.45, 7) is 6.35. The number of rotatable bonds is 8. The highest BCUT2D eigenvalue weighted by molar-refractivity contribution is 7.89. The Kier molecular flexibility index (Phi) is 6.70. The van der Waals surface area contributed by atoms with E-state index in [2.05, 4.69) is 10.0 Å². The fourth-order valence-electron chi connectivity index (χ4n) is 1.69. The summed E-state index contributed by atoms with van der Waals surface area (Å²) in [7, 11) is -3.98. The number of nitrogens with one attached hydrogen (secondary N) is 2.